The van der Waals surface area contributed by atoms with Gasteiger partial charge < -0.3 is 5.73 Å². The maximum Gasteiger partial charge on any atom is 0.000179 e. The summed E-state index contributed by atoms with van der Waals surface area (Å²) in [4.78, 5) is 0. The monoisotopic (exact) mass is 297 g/mol. The number of rotatable bonds is 4. The molecule has 3 rings (SSSR count). The molecule has 0 radical (unpaired) electrons. The molecule has 0 aliphatic heterocycles. The average molecular weight is 298 g/mol. The van der Waals surface area contributed by atoms with Gasteiger partial charge in [0, 0.05) is 5.92 Å². The van der Waals surface area contributed by atoms with E-state index in [1.54, 1.807) is 0 Å². The highest BCUT2D eigenvalue weighted by atomic mass is 35.5. The van der Waals surface area contributed by atoms with Crippen LogP contribution in [0.4, 0.5) is 0 Å². The van der Waals surface area contributed by atoms with Crippen LogP contribution in [-0.2, 0) is 6.42 Å². The van der Waals surface area contributed by atoms with Crippen LogP contribution in [0.25, 0.3) is 10.8 Å². The van der Waals surface area contributed by atoms with E-state index in [9.17, 15) is 0 Å². The first-order valence-corrected chi connectivity index (χ1v) is 7.10. The fourth-order valence-corrected chi connectivity index (χ4v) is 2.80. The van der Waals surface area contributed by atoms with Crippen molar-refractivity contribution in [1.29, 1.82) is 0 Å². The molecule has 0 heterocycles. The zero-order valence-electron chi connectivity index (χ0n) is 11.9. The Morgan fingerprint density at radius 3 is 2.19 bits per heavy atom. The van der Waals surface area contributed by atoms with Gasteiger partial charge in [0.15, 0.2) is 0 Å². The largest absolute Gasteiger partial charge is 0.330 e. The minimum Gasteiger partial charge on any atom is -0.330 e. The Balaban J connectivity index is 0.00000161. The summed E-state index contributed by atoms with van der Waals surface area (Å²) in [6.45, 7) is 0.674. The van der Waals surface area contributed by atoms with Crippen LogP contribution in [0.15, 0.2) is 72.8 Å². The Morgan fingerprint density at radius 1 is 0.762 bits per heavy atom. The lowest BCUT2D eigenvalue weighted by atomic mass is 9.90. The van der Waals surface area contributed by atoms with Gasteiger partial charge in [-0.1, -0.05) is 72.8 Å². The van der Waals surface area contributed by atoms with Crippen molar-refractivity contribution >= 4 is 23.2 Å². The summed E-state index contributed by atoms with van der Waals surface area (Å²) in [5.41, 5.74) is 8.70. The summed E-state index contributed by atoms with van der Waals surface area (Å²) in [6.07, 6.45) is 0.988. The van der Waals surface area contributed by atoms with E-state index in [1.165, 1.54) is 21.9 Å². The zero-order chi connectivity index (χ0) is 13.8. The number of hydrogen-bond donors (Lipinski definition) is 1. The van der Waals surface area contributed by atoms with Crippen LogP contribution in [-0.4, -0.2) is 6.54 Å². The first kappa shape index (κ1) is 15.6. The van der Waals surface area contributed by atoms with Gasteiger partial charge in [0.05, 0.1) is 0 Å². The van der Waals surface area contributed by atoms with Gasteiger partial charge in [-0.2, -0.15) is 0 Å². The van der Waals surface area contributed by atoms with Crippen LogP contribution >= 0.6 is 12.4 Å². The summed E-state index contributed by atoms with van der Waals surface area (Å²) >= 11 is 0. The molecule has 2 heteroatoms. The molecule has 1 unspecified atom stereocenters. The van der Waals surface area contributed by atoms with Crippen molar-refractivity contribution in [3.8, 4) is 0 Å². The summed E-state index contributed by atoms with van der Waals surface area (Å²) in [5.74, 6) is 0.377. The Bertz CT molecular complexity index is 689. The summed E-state index contributed by atoms with van der Waals surface area (Å²) < 4.78 is 0. The average Bonchev–Trinajstić information content (AvgIpc) is 2.53. The quantitative estimate of drug-likeness (QED) is 0.751. The number of hydrogen-bond acceptors (Lipinski definition) is 1. The second kappa shape index (κ2) is 7.26. The van der Waals surface area contributed by atoms with Crippen molar-refractivity contribution in [2.45, 2.75) is 12.3 Å². The molecule has 21 heavy (non-hydrogen) atoms. The third-order valence-corrected chi connectivity index (χ3v) is 3.90. The normalized spacial score (nSPS) is 11.9. The van der Waals surface area contributed by atoms with E-state index in [4.69, 9.17) is 5.73 Å². The molecule has 0 bridgehead atoms. The van der Waals surface area contributed by atoms with Gasteiger partial charge in [0.2, 0.25) is 0 Å². The predicted molar refractivity (Wildman–Crippen MR) is 93.1 cm³/mol. The molecule has 2 N–H and O–H groups in total. The number of benzene rings is 3. The highest BCUT2D eigenvalue weighted by Crippen LogP contribution is 2.25. The molecular formula is C19H20ClN. The highest BCUT2D eigenvalue weighted by molar-refractivity contribution is 5.86. The third-order valence-electron chi connectivity index (χ3n) is 3.90. The lowest BCUT2D eigenvalue weighted by molar-refractivity contribution is 0.697. The predicted octanol–water partition coefficient (Wildman–Crippen LogP) is 4.55. The first-order valence-electron chi connectivity index (χ1n) is 7.10. The standard InChI is InChI=1S/C19H19N.ClH/c20-14-18(15-7-2-1-3-8-15)13-17-11-6-10-16-9-4-5-12-19(16)17;/h1-12,18H,13-14,20H2;1H. The second-order valence-corrected chi connectivity index (χ2v) is 5.19. The fourth-order valence-electron chi connectivity index (χ4n) is 2.80. The molecule has 0 fully saturated rings. The maximum atomic E-state index is 6.00. The van der Waals surface area contributed by atoms with Gasteiger partial charge in [-0.05, 0) is 34.9 Å². The van der Waals surface area contributed by atoms with E-state index in [0.29, 0.717) is 12.5 Å². The van der Waals surface area contributed by atoms with Crippen LogP contribution < -0.4 is 5.73 Å². The number of fused-ring (bicyclic) bond motifs is 1. The van der Waals surface area contributed by atoms with Gasteiger partial charge in [0.1, 0.15) is 0 Å². The Kier molecular flexibility index (Phi) is 5.38. The summed E-state index contributed by atoms with van der Waals surface area (Å²) in [6, 6.07) is 25.6. The lowest BCUT2D eigenvalue weighted by Gasteiger charge is -2.16. The molecule has 0 saturated carbocycles. The minimum atomic E-state index is 0. The van der Waals surface area contributed by atoms with Crippen molar-refractivity contribution in [2.75, 3.05) is 6.54 Å². The highest BCUT2D eigenvalue weighted by Gasteiger charge is 2.11. The van der Waals surface area contributed by atoms with Crippen LogP contribution in [0.2, 0.25) is 0 Å². The van der Waals surface area contributed by atoms with E-state index in [1.807, 2.05) is 0 Å². The smallest absolute Gasteiger partial charge is 0.000179 e. The van der Waals surface area contributed by atoms with Crippen LogP contribution in [0.1, 0.15) is 17.0 Å². The SMILES string of the molecule is Cl.NCC(Cc1cccc2ccccc12)c1ccccc1. The molecule has 0 aromatic heterocycles. The van der Waals surface area contributed by atoms with E-state index in [2.05, 4.69) is 72.8 Å². The molecule has 1 atom stereocenters. The molecule has 0 aliphatic rings. The van der Waals surface area contributed by atoms with Crippen molar-refractivity contribution in [3.63, 3.8) is 0 Å². The van der Waals surface area contributed by atoms with E-state index >= 15 is 0 Å². The van der Waals surface area contributed by atoms with Crippen molar-refractivity contribution in [2.24, 2.45) is 5.73 Å². The summed E-state index contributed by atoms with van der Waals surface area (Å²) in [7, 11) is 0. The summed E-state index contributed by atoms with van der Waals surface area (Å²) in [5, 5.41) is 2.64. The van der Waals surface area contributed by atoms with E-state index in [-0.39, 0.29) is 12.4 Å². The molecule has 0 amide bonds. The van der Waals surface area contributed by atoms with Gasteiger partial charge in [-0.15, -0.1) is 12.4 Å². The molecule has 1 nitrogen and oxygen atoms in total. The number of halogens is 1. The topological polar surface area (TPSA) is 26.0 Å². The van der Waals surface area contributed by atoms with Gasteiger partial charge in [-0.3, -0.25) is 0 Å². The van der Waals surface area contributed by atoms with Gasteiger partial charge in [0.25, 0.3) is 0 Å². The Hall–Kier alpha value is -1.83. The van der Waals surface area contributed by atoms with E-state index < -0.39 is 0 Å². The first-order chi connectivity index (χ1) is 9.88. The van der Waals surface area contributed by atoms with Crippen LogP contribution in [0, 0.1) is 0 Å². The molecule has 0 saturated heterocycles. The van der Waals surface area contributed by atoms with Crippen molar-refractivity contribution in [3.05, 3.63) is 83.9 Å². The molecule has 0 spiro atoms. The van der Waals surface area contributed by atoms with Crippen molar-refractivity contribution < 1.29 is 0 Å². The third kappa shape index (κ3) is 3.44. The molecular weight excluding hydrogens is 278 g/mol. The molecule has 3 aromatic rings. The number of nitrogens with two attached hydrogens (primary N) is 1. The molecule has 0 aliphatic carbocycles. The Morgan fingerprint density at radius 2 is 1.43 bits per heavy atom. The Labute approximate surface area is 132 Å². The molecule has 108 valence electrons. The van der Waals surface area contributed by atoms with E-state index in [0.717, 1.165) is 6.42 Å². The fraction of sp³-hybridized carbons (Fsp3) is 0.158. The van der Waals surface area contributed by atoms with Crippen LogP contribution in [0.5, 0.6) is 0 Å². The van der Waals surface area contributed by atoms with Gasteiger partial charge in [-0.25, -0.2) is 0 Å². The lowest BCUT2D eigenvalue weighted by Crippen LogP contribution is -2.15. The maximum absolute atomic E-state index is 6.00. The van der Waals surface area contributed by atoms with Crippen LogP contribution in [0.3, 0.4) is 0 Å². The zero-order valence-corrected chi connectivity index (χ0v) is 12.7. The molecule has 3 aromatic carbocycles. The van der Waals surface area contributed by atoms with Gasteiger partial charge >= 0.3 is 0 Å². The van der Waals surface area contributed by atoms with Crippen molar-refractivity contribution in [1.82, 2.24) is 0 Å². The second-order valence-electron chi connectivity index (χ2n) is 5.19. The minimum absolute atomic E-state index is 0.